The minimum absolute atomic E-state index is 0.0398. The molecule has 0 spiro atoms. The van der Waals surface area contributed by atoms with Crippen LogP contribution >= 0.6 is 0 Å². The second-order valence-electron chi connectivity index (χ2n) is 11.2. The molecule has 2 aromatic heterocycles. The third kappa shape index (κ3) is 5.19. The average Bonchev–Trinajstić information content (AvgIpc) is 3.47. The maximum Gasteiger partial charge on any atom is 0.414 e. The van der Waals surface area contributed by atoms with Crippen molar-refractivity contribution in [2.45, 2.75) is 38.6 Å². The number of rotatable bonds is 6. The van der Waals surface area contributed by atoms with Crippen molar-refractivity contribution in [3.05, 3.63) is 112 Å². The van der Waals surface area contributed by atoms with E-state index >= 15 is 0 Å². The molecule has 5 aromatic rings. The van der Waals surface area contributed by atoms with Crippen LogP contribution in [0.1, 0.15) is 34.5 Å². The Hall–Kier alpha value is -5.38. The van der Waals surface area contributed by atoms with Gasteiger partial charge in [0.25, 0.3) is 11.5 Å². The molecule has 0 radical (unpaired) electrons. The van der Waals surface area contributed by atoms with Gasteiger partial charge in [0, 0.05) is 47.2 Å². The van der Waals surface area contributed by atoms with E-state index in [1.165, 1.54) is 4.57 Å². The first-order chi connectivity index (χ1) is 21.4. The van der Waals surface area contributed by atoms with Gasteiger partial charge in [0.2, 0.25) is 5.91 Å². The van der Waals surface area contributed by atoms with Crippen LogP contribution in [0.2, 0.25) is 0 Å². The number of anilines is 1. The molecule has 44 heavy (non-hydrogen) atoms. The number of furan rings is 1. The lowest BCUT2D eigenvalue weighted by molar-refractivity contribution is -0.121. The van der Waals surface area contributed by atoms with Crippen molar-refractivity contribution in [3.63, 3.8) is 0 Å². The van der Waals surface area contributed by atoms with Gasteiger partial charge in [0.05, 0.1) is 12.2 Å². The quantitative estimate of drug-likeness (QED) is 0.303. The lowest BCUT2D eigenvalue weighted by Gasteiger charge is -2.40. The lowest BCUT2D eigenvalue weighted by Crippen LogP contribution is -2.50. The van der Waals surface area contributed by atoms with E-state index in [4.69, 9.17) is 9.15 Å². The van der Waals surface area contributed by atoms with Crippen LogP contribution in [0.3, 0.4) is 0 Å². The van der Waals surface area contributed by atoms with Gasteiger partial charge < -0.3 is 23.9 Å². The average molecular weight is 591 g/mol. The number of hydrogen-bond acceptors (Lipinski definition) is 6. The zero-order valence-corrected chi connectivity index (χ0v) is 23.9. The molecule has 0 aliphatic carbocycles. The number of benzene rings is 3. The molecule has 0 atom stereocenters. The summed E-state index contributed by atoms with van der Waals surface area (Å²) in [5, 5.41) is 4.96. The van der Waals surface area contributed by atoms with Crippen LogP contribution in [-0.2, 0) is 29.2 Å². The number of likely N-dealkylation sites (tertiary alicyclic amines) is 1. The summed E-state index contributed by atoms with van der Waals surface area (Å²) in [6.07, 6.45) is 2.58. The molecule has 2 aliphatic rings. The highest BCUT2D eigenvalue weighted by molar-refractivity contribution is 5.98. The normalized spacial score (nSPS) is 15.3. The molecule has 7 rings (SSSR count). The second-order valence-corrected chi connectivity index (χ2v) is 11.2. The Balaban J connectivity index is 0.971. The molecule has 3 aromatic carbocycles. The van der Waals surface area contributed by atoms with Gasteiger partial charge in [-0.3, -0.25) is 19.3 Å². The first-order valence-electron chi connectivity index (χ1n) is 14.6. The molecular weight excluding hydrogens is 560 g/mol. The second kappa shape index (κ2) is 11.4. The van der Waals surface area contributed by atoms with Crippen LogP contribution in [0.15, 0.2) is 94.3 Å². The molecule has 1 N–H and O–H groups in total. The number of nitrogens with zero attached hydrogens (tertiary/aromatic N) is 3. The van der Waals surface area contributed by atoms with Crippen molar-refractivity contribution in [3.8, 4) is 0 Å². The van der Waals surface area contributed by atoms with Gasteiger partial charge in [0.15, 0.2) is 0 Å². The zero-order valence-electron chi connectivity index (χ0n) is 23.9. The number of amides is 3. The monoisotopic (exact) mass is 590 g/mol. The lowest BCUT2D eigenvalue weighted by atomic mass is 10.00. The van der Waals surface area contributed by atoms with E-state index in [0.29, 0.717) is 48.2 Å². The number of ether oxygens (including phenoxy) is 1. The highest BCUT2D eigenvalue weighted by Gasteiger charge is 2.35. The first-order valence-corrected chi connectivity index (χ1v) is 14.6. The van der Waals surface area contributed by atoms with E-state index in [1.807, 2.05) is 47.4 Å². The van der Waals surface area contributed by atoms with Gasteiger partial charge in [-0.15, -0.1) is 0 Å². The van der Waals surface area contributed by atoms with Crippen molar-refractivity contribution < 1.29 is 23.5 Å². The Morgan fingerprint density at radius 1 is 0.886 bits per heavy atom. The Bertz CT molecular complexity index is 1970. The highest BCUT2D eigenvalue weighted by atomic mass is 16.6. The number of carbonyl (C=O) groups excluding carboxylic acids is 3. The molecule has 2 aliphatic heterocycles. The minimum atomic E-state index is -0.339. The molecule has 3 amide bonds. The smallest absolute Gasteiger partial charge is 0.414 e. The summed E-state index contributed by atoms with van der Waals surface area (Å²) in [5.74, 6) is 0.144. The Morgan fingerprint density at radius 3 is 2.55 bits per heavy atom. The topological polar surface area (TPSA) is 114 Å². The minimum Gasteiger partial charge on any atom is -0.459 e. The summed E-state index contributed by atoms with van der Waals surface area (Å²) in [4.78, 5) is 54.9. The summed E-state index contributed by atoms with van der Waals surface area (Å²) in [7, 11) is 0. The predicted molar refractivity (Wildman–Crippen MR) is 164 cm³/mol. The summed E-state index contributed by atoms with van der Waals surface area (Å²) in [6.45, 7) is 1.37. The van der Waals surface area contributed by atoms with Crippen molar-refractivity contribution in [1.82, 2.24) is 14.8 Å². The maximum absolute atomic E-state index is 13.4. The SMILES string of the molecule is O=C(Cn1ccc2ccccc2c1=O)NCc1cc2cc(C(=O)N3CCC(N4C(=O)OCc5ccccc54)CC3)ccc2o1. The van der Waals surface area contributed by atoms with E-state index in [2.05, 4.69) is 5.32 Å². The fraction of sp³-hybridized carbons (Fsp3) is 0.235. The number of fused-ring (bicyclic) bond motifs is 3. The standard InChI is InChI=1S/C34H30N4O6/c39-31(20-37-14-11-22-5-1-3-7-28(22)33(37)41)35-19-27-18-25-17-23(9-10-30(25)44-27)32(40)36-15-12-26(13-16-36)38-29-8-4-2-6-24(29)21-43-34(38)42/h1-11,14,17-18,26H,12-13,15-16,19-21H2,(H,35,39). The number of piperidine rings is 1. The predicted octanol–water partition coefficient (Wildman–Crippen LogP) is 4.83. The molecular formula is C34H30N4O6. The first kappa shape index (κ1) is 27.5. The number of aromatic nitrogens is 1. The molecule has 1 fully saturated rings. The Kier molecular flexibility index (Phi) is 7.09. The van der Waals surface area contributed by atoms with Gasteiger partial charge in [-0.1, -0.05) is 36.4 Å². The molecule has 10 heteroatoms. The number of cyclic esters (lactones) is 1. The zero-order chi connectivity index (χ0) is 30.2. The Morgan fingerprint density at radius 2 is 1.68 bits per heavy atom. The molecule has 0 unspecified atom stereocenters. The number of carbonyl (C=O) groups is 3. The number of nitrogens with one attached hydrogen (secondary N) is 1. The van der Waals surface area contributed by atoms with E-state index in [0.717, 1.165) is 22.0 Å². The van der Waals surface area contributed by atoms with Crippen LogP contribution < -0.4 is 15.8 Å². The summed E-state index contributed by atoms with van der Waals surface area (Å²) < 4.78 is 12.7. The van der Waals surface area contributed by atoms with Crippen LogP contribution in [0.5, 0.6) is 0 Å². The maximum atomic E-state index is 13.4. The van der Waals surface area contributed by atoms with Crippen LogP contribution in [0, 0.1) is 0 Å². The fourth-order valence-electron chi connectivity index (χ4n) is 6.10. The molecule has 0 saturated carbocycles. The highest BCUT2D eigenvalue weighted by Crippen LogP contribution is 2.32. The van der Waals surface area contributed by atoms with Crippen LogP contribution in [-0.4, -0.2) is 46.5 Å². The molecule has 10 nitrogen and oxygen atoms in total. The fourth-order valence-corrected chi connectivity index (χ4v) is 6.10. The van der Waals surface area contributed by atoms with E-state index < -0.39 is 0 Å². The number of hydrogen-bond donors (Lipinski definition) is 1. The number of pyridine rings is 1. The third-order valence-electron chi connectivity index (χ3n) is 8.39. The van der Waals surface area contributed by atoms with E-state index in [1.54, 1.807) is 47.5 Å². The van der Waals surface area contributed by atoms with Gasteiger partial charge in [0.1, 0.15) is 24.5 Å². The van der Waals surface area contributed by atoms with Crippen molar-refractivity contribution in [1.29, 1.82) is 0 Å². The molecule has 0 bridgehead atoms. The van der Waals surface area contributed by atoms with Crippen LogP contribution in [0.4, 0.5) is 10.5 Å². The van der Waals surface area contributed by atoms with E-state index in [9.17, 15) is 19.2 Å². The summed E-state index contributed by atoms with van der Waals surface area (Å²) in [6, 6.07) is 23.9. The summed E-state index contributed by atoms with van der Waals surface area (Å²) in [5.41, 5.74) is 2.80. The van der Waals surface area contributed by atoms with E-state index in [-0.39, 0.29) is 49.2 Å². The largest absolute Gasteiger partial charge is 0.459 e. The van der Waals surface area contributed by atoms with Crippen molar-refractivity contribution >= 4 is 45.3 Å². The molecule has 1 saturated heterocycles. The summed E-state index contributed by atoms with van der Waals surface area (Å²) >= 11 is 0. The van der Waals surface area contributed by atoms with Gasteiger partial charge in [-0.05, 0) is 60.7 Å². The molecule has 4 heterocycles. The van der Waals surface area contributed by atoms with Crippen LogP contribution in [0.25, 0.3) is 21.7 Å². The van der Waals surface area contributed by atoms with Crippen molar-refractivity contribution in [2.24, 2.45) is 0 Å². The number of para-hydroxylation sites is 1. The third-order valence-corrected chi connectivity index (χ3v) is 8.39. The van der Waals surface area contributed by atoms with Gasteiger partial charge >= 0.3 is 6.09 Å². The van der Waals surface area contributed by atoms with Crippen molar-refractivity contribution in [2.75, 3.05) is 18.0 Å². The van der Waals surface area contributed by atoms with Gasteiger partial charge in [-0.2, -0.15) is 0 Å². The Labute approximate surface area is 252 Å². The molecule has 222 valence electrons. The van der Waals surface area contributed by atoms with Gasteiger partial charge in [-0.25, -0.2) is 4.79 Å².